The average Bonchev–Trinajstić information content (AvgIpc) is 3.25. The van der Waals surface area contributed by atoms with Crippen LogP contribution in [0.5, 0.6) is 0 Å². The minimum Gasteiger partial charge on any atom is -0.352 e. The molecular weight excluding hydrogens is 252 g/mol. The third kappa shape index (κ3) is 2.42. The van der Waals surface area contributed by atoms with E-state index in [2.05, 4.69) is 10.6 Å². The van der Waals surface area contributed by atoms with Gasteiger partial charge in [-0.05, 0) is 56.7 Å². The number of hydrogen-bond donors (Lipinski definition) is 2. The molecule has 0 spiro atoms. The van der Waals surface area contributed by atoms with Crippen LogP contribution < -0.4 is 10.6 Å². The van der Waals surface area contributed by atoms with Crippen molar-refractivity contribution in [1.29, 1.82) is 0 Å². The second-order valence-corrected chi connectivity index (χ2v) is 6.10. The summed E-state index contributed by atoms with van der Waals surface area (Å²) in [6.45, 7) is 3.95. The lowest BCUT2D eigenvalue weighted by Gasteiger charge is -2.16. The Morgan fingerprint density at radius 2 is 1.85 bits per heavy atom. The highest BCUT2D eigenvalue weighted by Gasteiger charge is 2.57. The smallest absolute Gasteiger partial charge is 0.240 e. The molecule has 20 heavy (non-hydrogen) atoms. The van der Waals surface area contributed by atoms with E-state index >= 15 is 0 Å². The topological polar surface area (TPSA) is 58.2 Å². The van der Waals surface area contributed by atoms with E-state index in [-0.39, 0.29) is 11.8 Å². The number of benzene rings is 1. The van der Waals surface area contributed by atoms with Crippen molar-refractivity contribution in [3.05, 3.63) is 29.3 Å². The molecule has 0 unspecified atom stereocenters. The van der Waals surface area contributed by atoms with Gasteiger partial charge in [0.2, 0.25) is 11.8 Å². The second-order valence-electron chi connectivity index (χ2n) is 6.10. The zero-order valence-electron chi connectivity index (χ0n) is 12.0. The highest BCUT2D eigenvalue weighted by molar-refractivity contribution is 6.13. The summed E-state index contributed by atoms with van der Waals surface area (Å²) < 4.78 is 0. The molecule has 0 bridgehead atoms. The van der Waals surface area contributed by atoms with E-state index in [0.717, 1.165) is 29.7 Å². The largest absolute Gasteiger partial charge is 0.352 e. The van der Waals surface area contributed by atoms with Crippen molar-refractivity contribution in [1.82, 2.24) is 5.32 Å². The molecule has 0 saturated heterocycles. The third-order valence-electron chi connectivity index (χ3n) is 4.17. The quantitative estimate of drug-likeness (QED) is 0.826. The van der Waals surface area contributed by atoms with Crippen LogP contribution in [0.25, 0.3) is 0 Å². The van der Waals surface area contributed by atoms with Crippen molar-refractivity contribution in [3.8, 4) is 0 Å². The molecule has 0 aliphatic heterocycles. The lowest BCUT2D eigenvalue weighted by molar-refractivity contribution is -0.134. The first kappa shape index (κ1) is 13.2. The van der Waals surface area contributed by atoms with Crippen LogP contribution in [0.15, 0.2) is 18.2 Å². The van der Waals surface area contributed by atoms with Gasteiger partial charge in [-0.3, -0.25) is 9.59 Å². The summed E-state index contributed by atoms with van der Waals surface area (Å²) in [7, 11) is 0. The summed E-state index contributed by atoms with van der Waals surface area (Å²) in [4.78, 5) is 24.6. The van der Waals surface area contributed by atoms with Crippen LogP contribution >= 0.6 is 0 Å². The molecule has 2 N–H and O–H groups in total. The van der Waals surface area contributed by atoms with Gasteiger partial charge in [-0.15, -0.1) is 0 Å². The molecule has 106 valence electrons. The number of carbonyl (C=O) groups is 2. The minimum absolute atomic E-state index is 0.0946. The Morgan fingerprint density at radius 1 is 1.15 bits per heavy atom. The Hall–Kier alpha value is -1.84. The zero-order chi connectivity index (χ0) is 14.3. The van der Waals surface area contributed by atoms with Crippen molar-refractivity contribution < 1.29 is 9.59 Å². The van der Waals surface area contributed by atoms with Gasteiger partial charge in [0.25, 0.3) is 0 Å². The van der Waals surface area contributed by atoms with Crippen molar-refractivity contribution in [2.24, 2.45) is 5.41 Å². The molecule has 0 radical (unpaired) electrons. The van der Waals surface area contributed by atoms with Gasteiger partial charge < -0.3 is 10.6 Å². The first-order valence-electron chi connectivity index (χ1n) is 7.21. The summed E-state index contributed by atoms with van der Waals surface area (Å²) in [5.41, 5.74) is 2.10. The molecule has 2 saturated carbocycles. The Morgan fingerprint density at radius 3 is 2.45 bits per heavy atom. The average molecular weight is 272 g/mol. The highest BCUT2D eigenvalue weighted by Crippen LogP contribution is 2.47. The number of aryl methyl sites for hydroxylation is 2. The maximum atomic E-state index is 12.4. The van der Waals surface area contributed by atoms with Crippen LogP contribution in [0.1, 0.15) is 36.8 Å². The van der Waals surface area contributed by atoms with Crippen LogP contribution in [-0.2, 0) is 9.59 Å². The number of rotatable bonds is 4. The highest BCUT2D eigenvalue weighted by atomic mass is 16.2. The Balaban J connectivity index is 1.72. The van der Waals surface area contributed by atoms with Crippen LogP contribution in [-0.4, -0.2) is 17.9 Å². The van der Waals surface area contributed by atoms with Gasteiger partial charge in [0.15, 0.2) is 0 Å². The molecule has 2 amide bonds. The van der Waals surface area contributed by atoms with Gasteiger partial charge in [0, 0.05) is 11.7 Å². The van der Waals surface area contributed by atoms with Crippen LogP contribution in [0.2, 0.25) is 0 Å². The fraction of sp³-hybridized carbons (Fsp3) is 0.500. The first-order valence-corrected chi connectivity index (χ1v) is 7.21. The summed E-state index contributed by atoms with van der Waals surface area (Å²) in [6, 6.07) is 6.24. The molecule has 1 aromatic carbocycles. The van der Waals surface area contributed by atoms with Crippen LogP contribution in [0.3, 0.4) is 0 Å². The molecule has 2 fully saturated rings. The number of carbonyl (C=O) groups excluding carboxylic acids is 2. The van der Waals surface area contributed by atoms with E-state index in [0.29, 0.717) is 18.9 Å². The summed E-state index contributed by atoms with van der Waals surface area (Å²) >= 11 is 0. The molecule has 2 aliphatic rings. The minimum atomic E-state index is -0.821. The van der Waals surface area contributed by atoms with Crippen LogP contribution in [0.4, 0.5) is 5.69 Å². The predicted octanol–water partition coefficient (Wildman–Crippen LogP) is 2.30. The van der Waals surface area contributed by atoms with Crippen molar-refractivity contribution >= 4 is 17.5 Å². The molecule has 3 rings (SSSR count). The number of amides is 2. The normalized spacial score (nSPS) is 19.3. The van der Waals surface area contributed by atoms with Gasteiger partial charge in [-0.1, -0.05) is 12.1 Å². The molecular formula is C16H20N2O2. The SMILES string of the molecule is Cc1ccc(C)c(NC(=O)C2(C(=O)NC3CC3)CC2)c1. The molecule has 0 aromatic heterocycles. The summed E-state index contributed by atoms with van der Waals surface area (Å²) in [5.74, 6) is -0.257. The van der Waals surface area contributed by atoms with E-state index in [1.54, 1.807) is 0 Å². The van der Waals surface area contributed by atoms with Gasteiger partial charge >= 0.3 is 0 Å². The zero-order valence-corrected chi connectivity index (χ0v) is 12.0. The summed E-state index contributed by atoms with van der Waals surface area (Å²) in [6.07, 6.45) is 3.39. The van der Waals surface area contributed by atoms with Gasteiger partial charge in [-0.25, -0.2) is 0 Å². The van der Waals surface area contributed by atoms with Crippen molar-refractivity contribution in [2.45, 2.75) is 45.6 Å². The molecule has 0 atom stereocenters. The fourth-order valence-electron chi connectivity index (χ4n) is 2.35. The van der Waals surface area contributed by atoms with Crippen molar-refractivity contribution in [2.75, 3.05) is 5.32 Å². The third-order valence-corrected chi connectivity index (χ3v) is 4.17. The predicted molar refractivity (Wildman–Crippen MR) is 77.4 cm³/mol. The van der Waals surface area contributed by atoms with Gasteiger partial charge in [0.1, 0.15) is 5.41 Å². The van der Waals surface area contributed by atoms with E-state index in [4.69, 9.17) is 0 Å². The van der Waals surface area contributed by atoms with E-state index in [9.17, 15) is 9.59 Å². The number of hydrogen-bond acceptors (Lipinski definition) is 2. The van der Waals surface area contributed by atoms with Gasteiger partial charge in [-0.2, -0.15) is 0 Å². The molecule has 2 aliphatic carbocycles. The maximum absolute atomic E-state index is 12.4. The van der Waals surface area contributed by atoms with Crippen LogP contribution in [0, 0.1) is 19.3 Å². The Bertz CT molecular complexity index is 572. The summed E-state index contributed by atoms with van der Waals surface area (Å²) in [5, 5.41) is 5.88. The molecule has 4 heteroatoms. The first-order chi connectivity index (χ1) is 9.51. The fourth-order valence-corrected chi connectivity index (χ4v) is 2.35. The number of anilines is 1. The van der Waals surface area contributed by atoms with E-state index in [1.807, 2.05) is 32.0 Å². The Kier molecular flexibility index (Phi) is 3.04. The molecule has 4 nitrogen and oxygen atoms in total. The standard InChI is InChI=1S/C16H20N2O2/c1-10-3-4-11(2)13(9-10)18-15(20)16(7-8-16)14(19)17-12-5-6-12/h3-4,9,12H,5-8H2,1-2H3,(H,17,19)(H,18,20). The van der Waals surface area contributed by atoms with Crippen molar-refractivity contribution in [3.63, 3.8) is 0 Å². The lowest BCUT2D eigenvalue weighted by atomic mass is 10.0. The van der Waals surface area contributed by atoms with E-state index in [1.165, 1.54) is 0 Å². The Labute approximate surface area is 118 Å². The molecule has 0 heterocycles. The van der Waals surface area contributed by atoms with E-state index < -0.39 is 5.41 Å². The number of nitrogens with one attached hydrogen (secondary N) is 2. The monoisotopic (exact) mass is 272 g/mol. The second kappa shape index (κ2) is 4.62. The maximum Gasteiger partial charge on any atom is 0.240 e. The molecule has 1 aromatic rings. The van der Waals surface area contributed by atoms with Gasteiger partial charge in [0.05, 0.1) is 0 Å². The lowest BCUT2D eigenvalue weighted by Crippen LogP contribution is -2.41.